The van der Waals surface area contributed by atoms with Gasteiger partial charge in [-0.1, -0.05) is 19.9 Å². The number of fused-ring (bicyclic) bond motifs is 1. The van der Waals surface area contributed by atoms with Crippen LogP contribution < -0.4 is 5.32 Å². The molecule has 3 rings (SSSR count). The zero-order valence-corrected chi connectivity index (χ0v) is 13.4. The van der Waals surface area contributed by atoms with E-state index >= 15 is 0 Å². The number of carbonyl (C=O) groups excluding carboxylic acids is 2. The van der Waals surface area contributed by atoms with Crippen LogP contribution in [0.3, 0.4) is 0 Å². The van der Waals surface area contributed by atoms with E-state index in [1.54, 1.807) is 4.90 Å². The fourth-order valence-electron chi connectivity index (χ4n) is 2.89. The van der Waals surface area contributed by atoms with Crippen LogP contribution in [0.1, 0.15) is 26.1 Å². The highest BCUT2D eigenvalue weighted by Crippen LogP contribution is 2.19. The molecule has 1 saturated heterocycles. The highest BCUT2D eigenvalue weighted by atomic mass is 16.2. The minimum atomic E-state index is -0.277. The third-order valence-corrected chi connectivity index (χ3v) is 3.98. The number of hydrogen-bond donors (Lipinski definition) is 1. The Balaban J connectivity index is 1.59. The Bertz CT molecular complexity index is 724. The Morgan fingerprint density at radius 1 is 1.39 bits per heavy atom. The van der Waals surface area contributed by atoms with Crippen molar-refractivity contribution < 1.29 is 9.59 Å². The predicted molar refractivity (Wildman–Crippen MR) is 84.4 cm³/mol. The molecule has 2 aromatic rings. The summed E-state index contributed by atoms with van der Waals surface area (Å²) in [4.78, 5) is 26.0. The molecule has 0 saturated carbocycles. The molecule has 7 heteroatoms. The quantitative estimate of drug-likeness (QED) is 0.887. The van der Waals surface area contributed by atoms with Gasteiger partial charge in [-0.15, -0.1) is 10.2 Å². The maximum absolute atomic E-state index is 12.3. The zero-order chi connectivity index (χ0) is 16.4. The van der Waals surface area contributed by atoms with Gasteiger partial charge in [-0.05, 0) is 18.1 Å². The fourth-order valence-corrected chi connectivity index (χ4v) is 2.89. The van der Waals surface area contributed by atoms with Crippen LogP contribution in [-0.2, 0) is 16.1 Å². The van der Waals surface area contributed by atoms with Crippen LogP contribution in [0.2, 0.25) is 0 Å². The molecule has 0 aromatic carbocycles. The van der Waals surface area contributed by atoms with Crippen LogP contribution in [0, 0.1) is 11.8 Å². The van der Waals surface area contributed by atoms with Crippen molar-refractivity contribution in [3.63, 3.8) is 0 Å². The molecule has 0 spiro atoms. The average molecular weight is 315 g/mol. The molecule has 2 amide bonds. The van der Waals surface area contributed by atoms with Gasteiger partial charge in [0, 0.05) is 25.7 Å². The van der Waals surface area contributed by atoms with Crippen LogP contribution in [0.4, 0.5) is 0 Å². The summed E-state index contributed by atoms with van der Waals surface area (Å²) in [5.41, 5.74) is 0.746. The molecule has 3 heterocycles. The van der Waals surface area contributed by atoms with Gasteiger partial charge in [0.05, 0.1) is 12.5 Å². The van der Waals surface area contributed by atoms with Gasteiger partial charge in [-0.25, -0.2) is 0 Å². The summed E-state index contributed by atoms with van der Waals surface area (Å²) in [6.07, 6.45) is 2.15. The predicted octanol–water partition coefficient (Wildman–Crippen LogP) is 0.850. The van der Waals surface area contributed by atoms with Crippen LogP contribution in [0.25, 0.3) is 5.65 Å². The van der Waals surface area contributed by atoms with Gasteiger partial charge in [0.15, 0.2) is 11.5 Å². The highest BCUT2D eigenvalue weighted by Gasteiger charge is 2.34. The number of carbonyl (C=O) groups is 2. The number of nitrogens with zero attached hydrogens (tertiary/aromatic N) is 4. The first-order chi connectivity index (χ1) is 11.0. The van der Waals surface area contributed by atoms with E-state index in [1.807, 2.05) is 28.8 Å². The van der Waals surface area contributed by atoms with Crippen molar-refractivity contribution >= 4 is 17.5 Å². The largest absolute Gasteiger partial charge is 0.348 e. The Hall–Kier alpha value is -2.44. The summed E-state index contributed by atoms with van der Waals surface area (Å²) in [6.45, 7) is 5.65. The zero-order valence-electron chi connectivity index (χ0n) is 13.4. The molecule has 0 unspecified atom stereocenters. The molecule has 23 heavy (non-hydrogen) atoms. The molecule has 1 atom stereocenters. The van der Waals surface area contributed by atoms with Crippen molar-refractivity contribution in [2.45, 2.75) is 26.8 Å². The third-order valence-electron chi connectivity index (χ3n) is 3.98. The summed E-state index contributed by atoms with van der Waals surface area (Å²) in [5, 5.41) is 11.0. The van der Waals surface area contributed by atoms with Crippen molar-refractivity contribution in [3.05, 3.63) is 30.2 Å². The molecule has 1 fully saturated rings. The monoisotopic (exact) mass is 315 g/mol. The lowest BCUT2D eigenvalue weighted by molar-refractivity contribution is -0.129. The number of amides is 2. The Morgan fingerprint density at radius 2 is 2.22 bits per heavy atom. The molecule has 2 aromatic heterocycles. The van der Waals surface area contributed by atoms with Crippen LogP contribution in [0.15, 0.2) is 24.4 Å². The lowest BCUT2D eigenvalue weighted by atomic mass is 10.1. The Labute approximate surface area is 134 Å². The summed E-state index contributed by atoms with van der Waals surface area (Å²) in [5.74, 6) is 0.768. The van der Waals surface area contributed by atoms with Gasteiger partial charge in [0.2, 0.25) is 11.8 Å². The van der Waals surface area contributed by atoms with Gasteiger partial charge in [-0.3, -0.25) is 14.0 Å². The van der Waals surface area contributed by atoms with Gasteiger partial charge in [0.25, 0.3) is 0 Å². The standard InChI is InChI=1S/C16H21N5O2/c1-11(2)9-20-10-12(7-15(20)22)16(23)17-8-14-19-18-13-5-3-4-6-21(13)14/h3-6,11-12H,7-10H2,1-2H3,(H,17,23)/t12-/m1/s1. The second-order valence-electron chi connectivity index (χ2n) is 6.36. The first kappa shape index (κ1) is 15.5. The highest BCUT2D eigenvalue weighted by molar-refractivity contribution is 5.89. The first-order valence-corrected chi connectivity index (χ1v) is 7.88. The molecule has 122 valence electrons. The molecular formula is C16H21N5O2. The SMILES string of the molecule is CC(C)CN1C[C@H](C(=O)NCc2nnc3ccccn23)CC1=O. The van der Waals surface area contributed by atoms with Crippen molar-refractivity contribution in [1.29, 1.82) is 0 Å². The van der Waals surface area contributed by atoms with Gasteiger partial charge in [0.1, 0.15) is 0 Å². The van der Waals surface area contributed by atoms with E-state index in [2.05, 4.69) is 29.4 Å². The number of nitrogens with one attached hydrogen (secondary N) is 1. The van der Waals surface area contributed by atoms with Crippen LogP contribution in [0.5, 0.6) is 0 Å². The lowest BCUT2D eigenvalue weighted by Gasteiger charge is -2.18. The van der Waals surface area contributed by atoms with E-state index in [9.17, 15) is 9.59 Å². The maximum atomic E-state index is 12.3. The molecule has 0 aliphatic carbocycles. The molecule has 0 radical (unpaired) electrons. The maximum Gasteiger partial charge on any atom is 0.225 e. The number of pyridine rings is 1. The van der Waals surface area contributed by atoms with E-state index < -0.39 is 0 Å². The number of hydrogen-bond acceptors (Lipinski definition) is 4. The molecule has 1 aliphatic heterocycles. The van der Waals surface area contributed by atoms with E-state index in [0.29, 0.717) is 37.8 Å². The second kappa shape index (κ2) is 6.36. The molecule has 7 nitrogen and oxygen atoms in total. The third kappa shape index (κ3) is 3.33. The number of rotatable bonds is 5. The van der Waals surface area contributed by atoms with Crippen molar-refractivity contribution in [1.82, 2.24) is 24.8 Å². The Morgan fingerprint density at radius 3 is 3.00 bits per heavy atom. The Kier molecular flexibility index (Phi) is 4.27. The number of likely N-dealkylation sites (tertiary alicyclic amines) is 1. The second-order valence-corrected chi connectivity index (χ2v) is 6.36. The smallest absolute Gasteiger partial charge is 0.225 e. The van der Waals surface area contributed by atoms with E-state index in [-0.39, 0.29) is 17.7 Å². The number of aromatic nitrogens is 3. The van der Waals surface area contributed by atoms with Crippen LogP contribution in [-0.4, -0.2) is 44.4 Å². The summed E-state index contributed by atoms with van der Waals surface area (Å²) in [7, 11) is 0. The minimum Gasteiger partial charge on any atom is -0.348 e. The van der Waals surface area contributed by atoms with Crippen molar-refractivity contribution in [3.8, 4) is 0 Å². The van der Waals surface area contributed by atoms with Gasteiger partial charge < -0.3 is 10.2 Å². The summed E-state index contributed by atoms with van der Waals surface area (Å²) in [6, 6.07) is 5.64. The van der Waals surface area contributed by atoms with E-state index in [4.69, 9.17) is 0 Å². The van der Waals surface area contributed by atoms with Gasteiger partial charge in [-0.2, -0.15) is 0 Å². The lowest BCUT2D eigenvalue weighted by Crippen LogP contribution is -2.34. The first-order valence-electron chi connectivity index (χ1n) is 7.88. The molecular weight excluding hydrogens is 294 g/mol. The topological polar surface area (TPSA) is 79.6 Å². The molecule has 1 aliphatic rings. The van der Waals surface area contributed by atoms with E-state index in [0.717, 1.165) is 5.65 Å². The van der Waals surface area contributed by atoms with Crippen LogP contribution >= 0.6 is 0 Å². The molecule has 1 N–H and O–H groups in total. The fraction of sp³-hybridized carbons (Fsp3) is 0.500. The average Bonchev–Trinajstić information content (AvgIpc) is 3.09. The van der Waals surface area contributed by atoms with Gasteiger partial charge >= 0.3 is 0 Å². The normalized spacial score (nSPS) is 18.1. The minimum absolute atomic E-state index is 0.0618. The van der Waals surface area contributed by atoms with E-state index in [1.165, 1.54) is 0 Å². The molecule has 0 bridgehead atoms. The summed E-state index contributed by atoms with van der Waals surface area (Å²) >= 11 is 0. The van der Waals surface area contributed by atoms with Crippen molar-refractivity contribution in [2.24, 2.45) is 11.8 Å². The van der Waals surface area contributed by atoms with Crippen molar-refractivity contribution in [2.75, 3.05) is 13.1 Å². The summed E-state index contributed by atoms with van der Waals surface area (Å²) < 4.78 is 1.84.